The van der Waals surface area contributed by atoms with Crippen LogP contribution in [-0.2, 0) is 18.3 Å². The van der Waals surface area contributed by atoms with Gasteiger partial charge in [0.15, 0.2) is 0 Å². The summed E-state index contributed by atoms with van der Waals surface area (Å²) in [5.41, 5.74) is 2.53. The number of aryl methyl sites for hydroxylation is 1. The first-order valence-corrected chi connectivity index (χ1v) is 6.15. The average molecular weight is 238 g/mol. The molecule has 0 saturated carbocycles. The third-order valence-electron chi connectivity index (χ3n) is 3.30. The van der Waals surface area contributed by atoms with Crippen molar-refractivity contribution in [3.8, 4) is 0 Å². The quantitative estimate of drug-likeness (QED) is 0.811. The molecule has 1 saturated heterocycles. The van der Waals surface area contributed by atoms with E-state index in [0.717, 1.165) is 32.8 Å². The van der Waals surface area contributed by atoms with E-state index in [1.165, 1.54) is 11.3 Å². The highest BCUT2D eigenvalue weighted by atomic mass is 16.5. The number of hydrogen-bond donors (Lipinski definition) is 1. The minimum atomic E-state index is 0.311. The number of morpholine rings is 1. The maximum atomic E-state index is 5.70. The third kappa shape index (κ3) is 3.28. The predicted octanol–water partition coefficient (Wildman–Crippen LogP) is 0.149. The molecule has 1 aromatic heterocycles. The second-order valence-electron chi connectivity index (χ2n) is 4.77. The highest BCUT2D eigenvalue weighted by Gasteiger charge is 2.16. The second-order valence-corrected chi connectivity index (χ2v) is 4.77. The van der Waals surface area contributed by atoms with Crippen LogP contribution < -0.4 is 5.32 Å². The van der Waals surface area contributed by atoms with Gasteiger partial charge in [0.1, 0.15) is 0 Å². The van der Waals surface area contributed by atoms with E-state index >= 15 is 0 Å². The van der Waals surface area contributed by atoms with E-state index in [4.69, 9.17) is 4.74 Å². The fourth-order valence-corrected chi connectivity index (χ4v) is 2.14. The molecule has 1 aliphatic heterocycles. The van der Waals surface area contributed by atoms with Crippen molar-refractivity contribution >= 4 is 0 Å². The lowest BCUT2D eigenvalue weighted by molar-refractivity contribution is 0.00882. The molecule has 96 valence electrons. The van der Waals surface area contributed by atoms with Gasteiger partial charge in [0, 0.05) is 44.5 Å². The number of aromatic nitrogens is 2. The van der Waals surface area contributed by atoms with Crippen LogP contribution in [0.25, 0.3) is 0 Å². The largest absolute Gasteiger partial charge is 0.374 e. The Morgan fingerprint density at radius 3 is 3.06 bits per heavy atom. The van der Waals surface area contributed by atoms with E-state index in [9.17, 15) is 0 Å². The Hall–Kier alpha value is -0.910. The van der Waals surface area contributed by atoms with Crippen LogP contribution in [0.15, 0.2) is 6.20 Å². The summed E-state index contributed by atoms with van der Waals surface area (Å²) in [5, 5.41) is 7.61. The van der Waals surface area contributed by atoms with Crippen molar-refractivity contribution in [2.24, 2.45) is 7.05 Å². The van der Waals surface area contributed by atoms with E-state index in [1.807, 2.05) is 17.9 Å². The molecule has 5 nitrogen and oxygen atoms in total. The standard InChI is InChI=1S/C12H22N4O/c1-10-11(6-14-16(10)3)8-15(2)9-12-7-13-4-5-17-12/h6,12-13H,4-5,7-9H2,1-3H3. The predicted molar refractivity (Wildman–Crippen MR) is 66.9 cm³/mol. The summed E-state index contributed by atoms with van der Waals surface area (Å²) in [6.45, 7) is 6.75. The van der Waals surface area contributed by atoms with Gasteiger partial charge in [0.25, 0.3) is 0 Å². The Kier molecular flexibility index (Phi) is 4.15. The molecule has 1 atom stereocenters. The van der Waals surface area contributed by atoms with Crippen molar-refractivity contribution in [1.82, 2.24) is 20.0 Å². The molecule has 1 fully saturated rings. The molecule has 2 heterocycles. The van der Waals surface area contributed by atoms with Crippen LogP contribution in [0.3, 0.4) is 0 Å². The first-order valence-electron chi connectivity index (χ1n) is 6.15. The molecule has 0 aromatic carbocycles. The van der Waals surface area contributed by atoms with Crippen molar-refractivity contribution in [2.45, 2.75) is 19.6 Å². The minimum Gasteiger partial charge on any atom is -0.374 e. The van der Waals surface area contributed by atoms with Gasteiger partial charge in [-0.25, -0.2) is 0 Å². The molecule has 1 aromatic rings. The summed E-state index contributed by atoms with van der Waals surface area (Å²) in [6, 6.07) is 0. The second kappa shape index (κ2) is 5.62. The Morgan fingerprint density at radius 1 is 1.65 bits per heavy atom. The van der Waals surface area contributed by atoms with Gasteiger partial charge < -0.3 is 10.1 Å². The van der Waals surface area contributed by atoms with Crippen LogP contribution in [0, 0.1) is 6.92 Å². The van der Waals surface area contributed by atoms with Crippen LogP contribution in [0.1, 0.15) is 11.3 Å². The van der Waals surface area contributed by atoms with Crippen molar-refractivity contribution in [3.05, 3.63) is 17.5 Å². The zero-order valence-corrected chi connectivity index (χ0v) is 10.9. The number of likely N-dealkylation sites (N-methyl/N-ethyl adjacent to an activating group) is 1. The normalized spacial score (nSPS) is 21.1. The monoisotopic (exact) mass is 238 g/mol. The molecule has 1 unspecified atom stereocenters. The first kappa shape index (κ1) is 12.5. The van der Waals surface area contributed by atoms with Crippen LogP contribution in [0.5, 0.6) is 0 Å². The van der Waals surface area contributed by atoms with Crippen LogP contribution in [-0.4, -0.2) is 54.1 Å². The number of nitrogens with zero attached hydrogens (tertiary/aromatic N) is 3. The van der Waals surface area contributed by atoms with E-state index in [1.54, 1.807) is 0 Å². The van der Waals surface area contributed by atoms with Gasteiger partial charge >= 0.3 is 0 Å². The van der Waals surface area contributed by atoms with Gasteiger partial charge in [-0.05, 0) is 14.0 Å². The maximum Gasteiger partial charge on any atom is 0.0826 e. The zero-order valence-electron chi connectivity index (χ0n) is 10.9. The lowest BCUT2D eigenvalue weighted by Gasteiger charge is -2.27. The molecule has 0 amide bonds. The third-order valence-corrected chi connectivity index (χ3v) is 3.30. The average Bonchev–Trinajstić information content (AvgIpc) is 2.62. The summed E-state index contributed by atoms with van der Waals surface area (Å²) < 4.78 is 7.62. The molecule has 2 rings (SSSR count). The highest BCUT2D eigenvalue weighted by molar-refractivity contribution is 5.15. The van der Waals surface area contributed by atoms with E-state index in [0.29, 0.717) is 6.10 Å². The number of hydrogen-bond acceptors (Lipinski definition) is 4. The fourth-order valence-electron chi connectivity index (χ4n) is 2.14. The van der Waals surface area contributed by atoms with Crippen molar-refractivity contribution in [3.63, 3.8) is 0 Å². The fraction of sp³-hybridized carbons (Fsp3) is 0.750. The number of rotatable bonds is 4. The lowest BCUT2D eigenvalue weighted by Crippen LogP contribution is -2.44. The Morgan fingerprint density at radius 2 is 2.47 bits per heavy atom. The van der Waals surface area contributed by atoms with Gasteiger partial charge in [-0.15, -0.1) is 0 Å². The molecule has 5 heteroatoms. The molecule has 1 aliphatic rings. The van der Waals surface area contributed by atoms with Gasteiger partial charge in [-0.3, -0.25) is 9.58 Å². The highest BCUT2D eigenvalue weighted by Crippen LogP contribution is 2.09. The molecular formula is C12H22N4O. The molecule has 0 aliphatic carbocycles. The maximum absolute atomic E-state index is 5.70. The van der Waals surface area contributed by atoms with Crippen LogP contribution >= 0.6 is 0 Å². The van der Waals surface area contributed by atoms with Crippen molar-refractivity contribution in [2.75, 3.05) is 33.3 Å². The summed E-state index contributed by atoms with van der Waals surface area (Å²) in [7, 11) is 4.11. The van der Waals surface area contributed by atoms with E-state index < -0.39 is 0 Å². The summed E-state index contributed by atoms with van der Waals surface area (Å²) in [6.07, 6.45) is 2.26. The zero-order chi connectivity index (χ0) is 12.3. The molecule has 0 bridgehead atoms. The van der Waals surface area contributed by atoms with Crippen molar-refractivity contribution in [1.29, 1.82) is 0 Å². The SMILES string of the molecule is Cc1c(CN(C)CC2CNCCO2)cnn1C. The first-order chi connectivity index (χ1) is 8.16. The van der Waals surface area contributed by atoms with Gasteiger partial charge in [0.05, 0.1) is 18.9 Å². The minimum absolute atomic E-state index is 0.311. The molecule has 0 spiro atoms. The smallest absolute Gasteiger partial charge is 0.0826 e. The summed E-state index contributed by atoms with van der Waals surface area (Å²) in [4.78, 5) is 2.29. The topological polar surface area (TPSA) is 42.3 Å². The Balaban J connectivity index is 1.84. The summed E-state index contributed by atoms with van der Waals surface area (Å²) >= 11 is 0. The Labute approximate surface area is 103 Å². The van der Waals surface area contributed by atoms with Crippen LogP contribution in [0.4, 0.5) is 0 Å². The van der Waals surface area contributed by atoms with Gasteiger partial charge in [-0.1, -0.05) is 0 Å². The lowest BCUT2D eigenvalue weighted by atomic mass is 10.2. The van der Waals surface area contributed by atoms with Gasteiger partial charge in [0.2, 0.25) is 0 Å². The van der Waals surface area contributed by atoms with Crippen molar-refractivity contribution < 1.29 is 4.74 Å². The number of nitrogens with one attached hydrogen (secondary N) is 1. The molecule has 17 heavy (non-hydrogen) atoms. The van der Waals surface area contributed by atoms with Gasteiger partial charge in [-0.2, -0.15) is 5.10 Å². The molecule has 1 N–H and O–H groups in total. The number of ether oxygens (including phenoxy) is 1. The van der Waals surface area contributed by atoms with E-state index in [2.05, 4.69) is 29.3 Å². The Bertz CT molecular complexity index is 357. The molecule has 0 radical (unpaired) electrons. The summed E-state index contributed by atoms with van der Waals surface area (Å²) in [5.74, 6) is 0. The van der Waals surface area contributed by atoms with Crippen LogP contribution in [0.2, 0.25) is 0 Å². The van der Waals surface area contributed by atoms with E-state index in [-0.39, 0.29) is 0 Å². The molecular weight excluding hydrogens is 216 g/mol.